The molecule has 1 aliphatic rings. The highest BCUT2D eigenvalue weighted by molar-refractivity contribution is 9.10. The number of hydrogen-bond donors (Lipinski definition) is 2. The predicted molar refractivity (Wildman–Crippen MR) is 78.2 cm³/mol. The Kier molecular flexibility index (Phi) is 4.49. The topological polar surface area (TPSA) is 38.0 Å². The second-order valence-corrected chi connectivity index (χ2v) is 6.07. The van der Waals surface area contributed by atoms with Crippen LogP contribution in [0.2, 0.25) is 0 Å². The summed E-state index contributed by atoms with van der Waals surface area (Å²) in [6.45, 7) is 2.26. The van der Waals surface area contributed by atoms with Gasteiger partial charge in [-0.15, -0.1) is 0 Å². The van der Waals surface area contributed by atoms with Crippen LogP contribution < -0.4 is 11.1 Å². The van der Waals surface area contributed by atoms with Crippen molar-refractivity contribution in [2.24, 2.45) is 5.92 Å². The maximum absolute atomic E-state index is 13.5. The van der Waals surface area contributed by atoms with E-state index in [1.165, 1.54) is 31.7 Å². The zero-order valence-electron chi connectivity index (χ0n) is 10.7. The first kappa shape index (κ1) is 13.7. The lowest BCUT2D eigenvalue weighted by Crippen LogP contribution is -2.26. The normalized spacial score (nSPS) is 24.6. The number of hydrogen-bond acceptors (Lipinski definition) is 2. The quantitative estimate of drug-likeness (QED) is 0.620. The fourth-order valence-corrected chi connectivity index (χ4v) is 2.96. The maximum atomic E-state index is 13.5. The summed E-state index contributed by atoms with van der Waals surface area (Å²) in [5, 5.41) is 3.42. The summed E-state index contributed by atoms with van der Waals surface area (Å²) in [6, 6.07) is 3.51. The van der Waals surface area contributed by atoms with E-state index in [2.05, 4.69) is 28.2 Å². The first-order valence-electron chi connectivity index (χ1n) is 6.59. The molecule has 0 saturated heterocycles. The van der Waals surface area contributed by atoms with Crippen LogP contribution in [0.15, 0.2) is 16.6 Å². The number of benzene rings is 1. The molecule has 0 radical (unpaired) electrons. The van der Waals surface area contributed by atoms with E-state index in [1.807, 2.05) is 0 Å². The van der Waals surface area contributed by atoms with E-state index in [1.54, 1.807) is 6.07 Å². The highest BCUT2D eigenvalue weighted by Crippen LogP contribution is 2.31. The van der Waals surface area contributed by atoms with E-state index >= 15 is 0 Å². The van der Waals surface area contributed by atoms with Crippen molar-refractivity contribution in [3.8, 4) is 0 Å². The number of halogens is 2. The van der Waals surface area contributed by atoms with Crippen molar-refractivity contribution >= 4 is 27.3 Å². The van der Waals surface area contributed by atoms with Gasteiger partial charge in [-0.3, -0.25) is 0 Å². The monoisotopic (exact) mass is 314 g/mol. The molecule has 100 valence electrons. The van der Waals surface area contributed by atoms with Crippen molar-refractivity contribution in [2.75, 3.05) is 11.1 Å². The van der Waals surface area contributed by atoms with Gasteiger partial charge < -0.3 is 11.1 Å². The van der Waals surface area contributed by atoms with Gasteiger partial charge >= 0.3 is 0 Å². The van der Waals surface area contributed by atoms with Gasteiger partial charge in [0, 0.05) is 12.1 Å². The highest BCUT2D eigenvalue weighted by atomic mass is 79.9. The van der Waals surface area contributed by atoms with Crippen LogP contribution in [-0.2, 0) is 0 Å². The minimum absolute atomic E-state index is 0.270. The second kappa shape index (κ2) is 5.91. The summed E-state index contributed by atoms with van der Waals surface area (Å²) in [5.74, 6) is 0.339. The van der Waals surface area contributed by atoms with Gasteiger partial charge in [-0.25, -0.2) is 4.39 Å². The molecule has 0 bridgehead atoms. The Morgan fingerprint density at radius 1 is 1.28 bits per heavy atom. The Hall–Kier alpha value is -0.770. The van der Waals surface area contributed by atoms with Crippen molar-refractivity contribution in [1.29, 1.82) is 0 Å². The van der Waals surface area contributed by atoms with Crippen LogP contribution >= 0.6 is 15.9 Å². The summed E-state index contributed by atoms with van der Waals surface area (Å²) in [4.78, 5) is 0. The molecule has 1 aliphatic carbocycles. The molecule has 3 N–H and O–H groups in total. The molecule has 0 aliphatic heterocycles. The molecule has 1 aromatic carbocycles. The molecule has 0 spiro atoms. The number of nitrogens with two attached hydrogens (primary N) is 1. The van der Waals surface area contributed by atoms with Gasteiger partial charge in [0.05, 0.1) is 15.8 Å². The van der Waals surface area contributed by atoms with Crippen LogP contribution in [0.3, 0.4) is 0 Å². The van der Waals surface area contributed by atoms with E-state index in [0.717, 1.165) is 12.1 Å². The summed E-state index contributed by atoms with van der Waals surface area (Å²) < 4.78 is 14.0. The Balaban J connectivity index is 2.14. The van der Waals surface area contributed by atoms with Gasteiger partial charge in [0.25, 0.3) is 0 Å². The molecule has 2 nitrogen and oxygen atoms in total. The van der Waals surface area contributed by atoms with E-state index in [0.29, 0.717) is 22.1 Å². The van der Waals surface area contributed by atoms with Gasteiger partial charge in [-0.2, -0.15) is 0 Å². The summed E-state index contributed by atoms with van der Waals surface area (Å²) in [5.41, 5.74) is 7.25. The third-order valence-corrected chi connectivity index (χ3v) is 4.40. The minimum Gasteiger partial charge on any atom is -0.397 e. The maximum Gasteiger partial charge on any atom is 0.139 e. The fraction of sp³-hybridized carbons (Fsp3) is 0.571. The highest BCUT2D eigenvalue weighted by Gasteiger charge is 2.20. The smallest absolute Gasteiger partial charge is 0.139 e. The standard InChI is InChI=1S/C14H20BrFN2/c1-9-5-3-2-4-6-13(9)18-14-8-11(16)10(15)7-12(14)17/h7-9,13,18H,2-6,17H2,1H3. The molecule has 2 rings (SSSR count). The zero-order chi connectivity index (χ0) is 13.1. The fourth-order valence-electron chi connectivity index (χ4n) is 2.59. The average molecular weight is 315 g/mol. The zero-order valence-corrected chi connectivity index (χ0v) is 12.3. The molecule has 4 heteroatoms. The predicted octanol–water partition coefficient (Wildman–Crippen LogP) is 4.55. The van der Waals surface area contributed by atoms with Crippen LogP contribution in [0.25, 0.3) is 0 Å². The van der Waals surface area contributed by atoms with Crippen LogP contribution in [0.5, 0.6) is 0 Å². The molecule has 18 heavy (non-hydrogen) atoms. The lowest BCUT2D eigenvalue weighted by Gasteiger charge is -2.25. The Labute approximate surface area is 116 Å². The molecule has 1 fully saturated rings. The van der Waals surface area contributed by atoms with Crippen LogP contribution in [-0.4, -0.2) is 6.04 Å². The third kappa shape index (κ3) is 3.16. The van der Waals surface area contributed by atoms with Crippen LogP contribution in [0, 0.1) is 11.7 Å². The van der Waals surface area contributed by atoms with Crippen molar-refractivity contribution < 1.29 is 4.39 Å². The minimum atomic E-state index is -0.270. The number of anilines is 2. The first-order valence-corrected chi connectivity index (χ1v) is 7.38. The van der Waals surface area contributed by atoms with Gasteiger partial charge in [0.2, 0.25) is 0 Å². The van der Waals surface area contributed by atoms with Crippen molar-refractivity contribution in [1.82, 2.24) is 0 Å². The van der Waals surface area contributed by atoms with Gasteiger partial charge in [0.1, 0.15) is 5.82 Å². The van der Waals surface area contributed by atoms with Crippen LogP contribution in [0.1, 0.15) is 39.0 Å². The molecule has 0 amide bonds. The summed E-state index contributed by atoms with van der Waals surface area (Å²) >= 11 is 3.15. The van der Waals surface area contributed by atoms with E-state index in [4.69, 9.17) is 5.73 Å². The average Bonchev–Trinajstić information content (AvgIpc) is 2.52. The van der Waals surface area contributed by atoms with Crippen molar-refractivity contribution in [2.45, 2.75) is 45.1 Å². The first-order chi connectivity index (χ1) is 8.58. The molecule has 0 heterocycles. The molecular formula is C14H20BrFN2. The Morgan fingerprint density at radius 2 is 2.00 bits per heavy atom. The van der Waals surface area contributed by atoms with Gasteiger partial charge in [0.15, 0.2) is 0 Å². The summed E-state index contributed by atoms with van der Waals surface area (Å²) in [6.07, 6.45) is 6.20. The molecule has 0 aromatic heterocycles. The third-order valence-electron chi connectivity index (χ3n) is 3.79. The lowest BCUT2D eigenvalue weighted by atomic mass is 9.96. The second-order valence-electron chi connectivity index (χ2n) is 5.22. The van der Waals surface area contributed by atoms with E-state index in [9.17, 15) is 4.39 Å². The Bertz CT molecular complexity index is 423. The molecule has 2 atom stereocenters. The largest absolute Gasteiger partial charge is 0.397 e. The lowest BCUT2D eigenvalue weighted by molar-refractivity contribution is 0.456. The number of nitrogen functional groups attached to an aromatic ring is 1. The SMILES string of the molecule is CC1CCCCCC1Nc1cc(F)c(Br)cc1N. The summed E-state index contributed by atoms with van der Waals surface area (Å²) in [7, 11) is 0. The van der Waals surface area contributed by atoms with Gasteiger partial charge in [-0.05, 0) is 40.8 Å². The molecule has 1 aromatic rings. The molecular weight excluding hydrogens is 295 g/mol. The van der Waals surface area contributed by atoms with Crippen LogP contribution in [0.4, 0.5) is 15.8 Å². The van der Waals surface area contributed by atoms with E-state index in [-0.39, 0.29) is 5.82 Å². The van der Waals surface area contributed by atoms with Crippen molar-refractivity contribution in [3.63, 3.8) is 0 Å². The Morgan fingerprint density at radius 3 is 2.78 bits per heavy atom. The van der Waals surface area contributed by atoms with E-state index < -0.39 is 0 Å². The molecule has 1 saturated carbocycles. The van der Waals surface area contributed by atoms with Crippen molar-refractivity contribution in [3.05, 3.63) is 22.4 Å². The number of rotatable bonds is 2. The number of nitrogens with one attached hydrogen (secondary N) is 1. The molecule has 2 unspecified atom stereocenters. The van der Waals surface area contributed by atoms with Gasteiger partial charge in [-0.1, -0.05) is 26.2 Å².